The molecule has 2 aromatic rings. The molecule has 0 amide bonds. The fraction of sp³-hybridized carbons (Fsp3) is 0.500. The number of methoxy groups -OCH3 is 1. The van der Waals surface area contributed by atoms with Gasteiger partial charge in [-0.25, -0.2) is 4.98 Å². The van der Waals surface area contributed by atoms with Crippen LogP contribution >= 0.6 is 11.3 Å². The maximum Gasteiger partial charge on any atom is 0.190 e. The molecule has 0 bridgehead atoms. The highest BCUT2D eigenvalue weighted by molar-refractivity contribution is 7.09. The molecule has 0 aliphatic carbocycles. The third-order valence-corrected chi connectivity index (χ3v) is 5.28. The van der Waals surface area contributed by atoms with Crippen molar-refractivity contribution in [2.24, 2.45) is 4.99 Å². The van der Waals surface area contributed by atoms with Gasteiger partial charge in [0.25, 0.3) is 0 Å². The van der Waals surface area contributed by atoms with E-state index in [9.17, 15) is 0 Å². The summed E-state index contributed by atoms with van der Waals surface area (Å²) in [6.07, 6.45) is 1.78. The molecule has 1 heterocycles. The molecule has 0 radical (unpaired) electrons. The Bertz CT molecular complexity index is 724. The molecule has 0 aliphatic heterocycles. The summed E-state index contributed by atoms with van der Waals surface area (Å²) < 4.78 is 5.44. The zero-order valence-corrected chi connectivity index (χ0v) is 17.2. The summed E-state index contributed by atoms with van der Waals surface area (Å²) >= 11 is 1.74. The van der Waals surface area contributed by atoms with Crippen LogP contribution in [0, 0.1) is 6.92 Å². The summed E-state index contributed by atoms with van der Waals surface area (Å²) in [4.78, 5) is 8.96. The third-order valence-electron chi connectivity index (χ3n) is 4.08. The fourth-order valence-corrected chi connectivity index (χ4v) is 3.52. The van der Waals surface area contributed by atoms with Crippen LogP contribution in [-0.4, -0.2) is 38.2 Å². The first-order chi connectivity index (χ1) is 12.5. The van der Waals surface area contributed by atoms with E-state index >= 15 is 0 Å². The Morgan fingerprint density at radius 3 is 2.58 bits per heavy atom. The second-order valence-electron chi connectivity index (χ2n) is 6.57. The van der Waals surface area contributed by atoms with Crippen LogP contribution in [0.15, 0.2) is 28.6 Å². The first-order valence-electron chi connectivity index (χ1n) is 9.05. The van der Waals surface area contributed by atoms with E-state index < -0.39 is 0 Å². The third kappa shape index (κ3) is 6.02. The van der Waals surface area contributed by atoms with Crippen molar-refractivity contribution < 1.29 is 4.74 Å². The van der Waals surface area contributed by atoms with Crippen LogP contribution in [0.1, 0.15) is 41.6 Å². The van der Waals surface area contributed by atoms with Crippen molar-refractivity contribution in [2.75, 3.05) is 27.2 Å². The molecule has 0 atom stereocenters. The van der Waals surface area contributed by atoms with Crippen LogP contribution in [0.2, 0.25) is 0 Å². The van der Waals surface area contributed by atoms with Gasteiger partial charge in [-0.3, -0.25) is 4.99 Å². The summed E-state index contributed by atoms with van der Waals surface area (Å²) in [7, 11) is 3.51. The summed E-state index contributed by atoms with van der Waals surface area (Å²) in [6, 6.07) is 6.27. The van der Waals surface area contributed by atoms with Gasteiger partial charge in [-0.1, -0.05) is 31.5 Å². The molecule has 26 heavy (non-hydrogen) atoms. The Kier molecular flexibility index (Phi) is 7.91. The van der Waals surface area contributed by atoms with Crippen molar-refractivity contribution in [2.45, 2.75) is 39.5 Å². The number of nitrogens with zero attached hydrogens (tertiary/aromatic N) is 2. The van der Waals surface area contributed by atoms with Gasteiger partial charge in [0.1, 0.15) is 5.75 Å². The molecule has 5 nitrogen and oxygen atoms in total. The summed E-state index contributed by atoms with van der Waals surface area (Å²) in [5, 5.41) is 10.1. The number of rotatable bonds is 8. The van der Waals surface area contributed by atoms with Gasteiger partial charge in [-0.2, -0.15) is 0 Å². The molecule has 2 N–H and O–H groups in total. The Hall–Kier alpha value is -2.08. The Balaban J connectivity index is 1.76. The van der Waals surface area contributed by atoms with Gasteiger partial charge >= 0.3 is 0 Å². The van der Waals surface area contributed by atoms with Gasteiger partial charge in [0, 0.05) is 37.9 Å². The number of guanidine groups is 1. The lowest BCUT2D eigenvalue weighted by molar-refractivity contribution is 0.409. The smallest absolute Gasteiger partial charge is 0.190 e. The van der Waals surface area contributed by atoms with Gasteiger partial charge in [0.05, 0.1) is 17.8 Å². The van der Waals surface area contributed by atoms with Gasteiger partial charge in [-0.05, 0) is 25.0 Å². The Morgan fingerprint density at radius 2 is 1.96 bits per heavy atom. The lowest BCUT2D eigenvalue weighted by Gasteiger charge is -2.13. The molecule has 1 aromatic carbocycles. The molecule has 0 saturated carbocycles. The molecule has 0 spiro atoms. The zero-order chi connectivity index (χ0) is 18.9. The number of ether oxygens (including phenoxy) is 1. The van der Waals surface area contributed by atoms with E-state index in [0.717, 1.165) is 43.3 Å². The van der Waals surface area contributed by atoms with E-state index in [1.807, 2.05) is 6.07 Å². The van der Waals surface area contributed by atoms with Crippen molar-refractivity contribution in [1.82, 2.24) is 15.6 Å². The lowest BCUT2D eigenvalue weighted by atomic mass is 10.1. The standard InChI is InChI=1S/C20H30N4OS/c1-14(2)19-24-17(13-26-19)9-11-23-20(21-4)22-10-8-16-12-15(3)6-7-18(16)25-5/h6-7,12-14H,8-11H2,1-5H3,(H2,21,22,23). The van der Waals surface area contributed by atoms with Crippen molar-refractivity contribution in [1.29, 1.82) is 0 Å². The van der Waals surface area contributed by atoms with E-state index in [1.165, 1.54) is 16.1 Å². The Labute approximate surface area is 160 Å². The van der Waals surface area contributed by atoms with Gasteiger partial charge in [0.2, 0.25) is 0 Å². The van der Waals surface area contributed by atoms with Crippen molar-refractivity contribution in [3.05, 3.63) is 45.4 Å². The van der Waals surface area contributed by atoms with Crippen LogP contribution < -0.4 is 15.4 Å². The summed E-state index contributed by atoms with van der Waals surface area (Å²) in [5.74, 6) is 2.25. The first kappa shape index (κ1) is 20.2. The maximum absolute atomic E-state index is 5.44. The van der Waals surface area contributed by atoms with Gasteiger partial charge < -0.3 is 15.4 Å². The highest BCUT2D eigenvalue weighted by Crippen LogP contribution is 2.20. The van der Waals surface area contributed by atoms with Crippen LogP contribution in [0.25, 0.3) is 0 Å². The largest absolute Gasteiger partial charge is 0.496 e. The number of aryl methyl sites for hydroxylation is 1. The lowest BCUT2D eigenvalue weighted by Crippen LogP contribution is -2.39. The molecule has 0 unspecified atom stereocenters. The summed E-state index contributed by atoms with van der Waals surface area (Å²) in [6.45, 7) is 8.06. The minimum atomic E-state index is 0.495. The second kappa shape index (κ2) is 10.2. The molecular weight excluding hydrogens is 344 g/mol. The molecular formula is C20H30N4OS. The van der Waals surface area contributed by atoms with Crippen LogP contribution in [-0.2, 0) is 12.8 Å². The normalized spacial score (nSPS) is 11.7. The zero-order valence-electron chi connectivity index (χ0n) is 16.4. The second-order valence-corrected chi connectivity index (χ2v) is 7.46. The maximum atomic E-state index is 5.44. The molecule has 6 heteroatoms. The molecule has 2 rings (SSSR count). The molecule has 0 fully saturated rings. The molecule has 142 valence electrons. The monoisotopic (exact) mass is 374 g/mol. The molecule has 0 saturated heterocycles. The number of nitrogens with one attached hydrogen (secondary N) is 2. The number of benzene rings is 1. The van der Waals surface area contributed by atoms with E-state index in [4.69, 9.17) is 4.74 Å². The minimum absolute atomic E-state index is 0.495. The van der Waals surface area contributed by atoms with E-state index in [-0.39, 0.29) is 0 Å². The number of aliphatic imine (C=N–C) groups is 1. The van der Waals surface area contributed by atoms with Gasteiger partial charge in [0.15, 0.2) is 5.96 Å². The summed E-state index contributed by atoms with van der Waals surface area (Å²) in [5.41, 5.74) is 3.60. The van der Waals surface area contributed by atoms with Crippen LogP contribution in [0.3, 0.4) is 0 Å². The number of hydrogen-bond donors (Lipinski definition) is 2. The van der Waals surface area contributed by atoms with Gasteiger partial charge in [-0.15, -0.1) is 11.3 Å². The SMILES string of the molecule is CN=C(NCCc1csc(C(C)C)n1)NCCc1cc(C)ccc1OC. The number of aromatic nitrogens is 1. The number of thiazole rings is 1. The van der Waals surface area contributed by atoms with Crippen molar-refractivity contribution in [3.8, 4) is 5.75 Å². The fourth-order valence-electron chi connectivity index (χ4n) is 2.65. The molecule has 1 aromatic heterocycles. The quantitative estimate of drug-likeness (QED) is 0.548. The van der Waals surface area contributed by atoms with E-state index in [2.05, 4.69) is 58.9 Å². The van der Waals surface area contributed by atoms with Crippen LogP contribution in [0.4, 0.5) is 0 Å². The predicted octanol–water partition coefficient (Wildman–Crippen LogP) is 3.53. The van der Waals surface area contributed by atoms with Crippen molar-refractivity contribution >= 4 is 17.3 Å². The predicted molar refractivity (Wildman–Crippen MR) is 111 cm³/mol. The highest BCUT2D eigenvalue weighted by atomic mass is 32.1. The number of hydrogen-bond acceptors (Lipinski definition) is 4. The average molecular weight is 375 g/mol. The Morgan fingerprint density at radius 1 is 1.23 bits per heavy atom. The van der Waals surface area contributed by atoms with Crippen LogP contribution in [0.5, 0.6) is 5.75 Å². The molecule has 0 aliphatic rings. The van der Waals surface area contributed by atoms with Crippen molar-refractivity contribution in [3.63, 3.8) is 0 Å². The minimum Gasteiger partial charge on any atom is -0.496 e. The van der Waals surface area contributed by atoms with E-state index in [1.54, 1.807) is 25.5 Å². The first-order valence-corrected chi connectivity index (χ1v) is 9.93. The highest BCUT2D eigenvalue weighted by Gasteiger charge is 2.07. The van der Waals surface area contributed by atoms with E-state index in [0.29, 0.717) is 5.92 Å². The topological polar surface area (TPSA) is 58.5 Å². The average Bonchev–Trinajstić information content (AvgIpc) is 3.10.